The highest BCUT2D eigenvalue weighted by molar-refractivity contribution is 7.89. The zero-order valence-electron chi connectivity index (χ0n) is 17.3. The Balaban J connectivity index is 1.35. The molecular weight excluding hydrogens is 426 g/mol. The highest BCUT2D eigenvalue weighted by Gasteiger charge is 2.31. The number of Topliss-reactive ketones (excluding diaryl/α,β-unsaturated/α-hetero) is 1. The second-order valence-corrected chi connectivity index (χ2v) is 9.05. The number of allylic oxidation sites excluding steroid dienone is 4. The van der Waals surface area contributed by atoms with Crippen molar-refractivity contribution in [2.45, 2.75) is 6.54 Å². The molecule has 0 radical (unpaired) electrons. The van der Waals surface area contributed by atoms with Crippen molar-refractivity contribution in [2.75, 3.05) is 5.75 Å². The number of oxazole rings is 1. The van der Waals surface area contributed by atoms with Crippen molar-refractivity contribution in [2.24, 2.45) is 18.9 Å². The summed E-state index contributed by atoms with van der Waals surface area (Å²) in [6, 6.07) is 1.89. The number of nitrogens with one attached hydrogen (secondary N) is 1. The molecule has 3 atom stereocenters. The lowest BCUT2D eigenvalue weighted by Gasteiger charge is -2.22. The molecular formula is C23H21N5O3S. The fourth-order valence-corrected chi connectivity index (χ4v) is 4.79. The maximum atomic E-state index is 13.5. The van der Waals surface area contributed by atoms with E-state index in [1.165, 1.54) is 12.7 Å². The van der Waals surface area contributed by atoms with Gasteiger partial charge in [0.05, 0.1) is 30.0 Å². The first kappa shape index (κ1) is 20.6. The molecule has 0 saturated heterocycles. The molecule has 9 heteroatoms. The van der Waals surface area contributed by atoms with E-state index < -0.39 is 11.4 Å². The Morgan fingerprint density at radius 2 is 2.09 bits per heavy atom. The van der Waals surface area contributed by atoms with E-state index in [4.69, 9.17) is 4.42 Å². The molecule has 8 nitrogen and oxygen atoms in total. The molecule has 3 unspecified atom stereocenters. The van der Waals surface area contributed by atoms with Gasteiger partial charge in [-0.15, -0.1) is 4.72 Å². The summed E-state index contributed by atoms with van der Waals surface area (Å²) in [6.45, 7) is 0.351. The molecule has 5 rings (SSSR count). The van der Waals surface area contributed by atoms with Gasteiger partial charge in [-0.2, -0.15) is 5.10 Å². The second-order valence-electron chi connectivity index (χ2n) is 7.78. The lowest BCUT2D eigenvalue weighted by Crippen LogP contribution is -2.28. The molecule has 0 spiro atoms. The van der Waals surface area contributed by atoms with E-state index in [0.717, 1.165) is 16.7 Å². The van der Waals surface area contributed by atoms with Crippen LogP contribution in [0.15, 0.2) is 71.6 Å². The summed E-state index contributed by atoms with van der Waals surface area (Å²) < 4.78 is 22.0. The van der Waals surface area contributed by atoms with Crippen molar-refractivity contribution >= 4 is 23.2 Å². The van der Waals surface area contributed by atoms with Crippen LogP contribution in [0.3, 0.4) is 0 Å². The fraction of sp³-hybridized carbons (Fsp3) is 0.217. The summed E-state index contributed by atoms with van der Waals surface area (Å²) in [5.74, 6) is -0.101. The molecule has 32 heavy (non-hydrogen) atoms. The quantitative estimate of drug-likeness (QED) is 0.579. The Morgan fingerprint density at radius 3 is 2.88 bits per heavy atom. The molecule has 0 aromatic carbocycles. The Morgan fingerprint density at radius 1 is 1.22 bits per heavy atom. The third-order valence-corrected chi connectivity index (χ3v) is 6.60. The van der Waals surface area contributed by atoms with Gasteiger partial charge in [0.15, 0.2) is 12.2 Å². The van der Waals surface area contributed by atoms with E-state index >= 15 is 0 Å². The molecule has 2 aliphatic carbocycles. The normalized spacial score (nSPS) is 20.4. The predicted molar refractivity (Wildman–Crippen MR) is 120 cm³/mol. The molecule has 0 saturated carbocycles. The largest absolute Gasteiger partial charge is 0.598 e. The fourth-order valence-electron chi connectivity index (χ4n) is 3.88. The number of aromatic nitrogens is 4. The Bertz CT molecular complexity index is 1230. The van der Waals surface area contributed by atoms with Gasteiger partial charge in [-0.3, -0.25) is 14.5 Å². The standard InChI is InChI=1S/C23H21N5O3S/c1-28-11-18(9-26-28)17-7-21-22(24-8-17)5-4-16-3-2-15(6-20(16)23(21)29)13-32(30)27-10-19-12-31-14-25-19/h2-9,11-12,14,16,20,27H,10,13H2,1H3. The third kappa shape index (κ3) is 4.22. The van der Waals surface area contributed by atoms with E-state index in [2.05, 4.69) is 19.8 Å². The molecule has 3 heterocycles. The van der Waals surface area contributed by atoms with E-state index in [1.54, 1.807) is 17.1 Å². The van der Waals surface area contributed by atoms with Crippen molar-refractivity contribution in [3.63, 3.8) is 0 Å². The number of carbonyl (C=O) groups excluding carboxylic acids is 1. The summed E-state index contributed by atoms with van der Waals surface area (Å²) in [7, 11) is 1.85. The van der Waals surface area contributed by atoms with Gasteiger partial charge in [0.2, 0.25) is 0 Å². The van der Waals surface area contributed by atoms with Crippen LogP contribution < -0.4 is 4.72 Å². The number of pyridine rings is 1. The topological polar surface area (TPSA) is 109 Å². The van der Waals surface area contributed by atoms with Gasteiger partial charge in [0, 0.05) is 53.4 Å². The van der Waals surface area contributed by atoms with Crippen molar-refractivity contribution < 1.29 is 13.8 Å². The summed E-state index contributed by atoms with van der Waals surface area (Å²) >= 11 is -1.30. The first-order chi connectivity index (χ1) is 15.6. The van der Waals surface area contributed by atoms with Gasteiger partial charge in [-0.05, 0) is 17.7 Å². The molecule has 0 bridgehead atoms. The van der Waals surface area contributed by atoms with Crippen LogP contribution in [0.1, 0.15) is 21.7 Å². The monoisotopic (exact) mass is 447 g/mol. The van der Waals surface area contributed by atoms with Gasteiger partial charge < -0.3 is 8.97 Å². The molecule has 1 N–H and O–H groups in total. The van der Waals surface area contributed by atoms with Crippen molar-refractivity contribution in [3.05, 3.63) is 84.1 Å². The minimum Gasteiger partial charge on any atom is -0.598 e. The minimum absolute atomic E-state index is 0.0106. The van der Waals surface area contributed by atoms with E-state index in [0.29, 0.717) is 29.2 Å². The molecule has 0 amide bonds. The number of aryl methyl sites for hydroxylation is 1. The SMILES string of the molecule is Cn1cc(-c2cnc3c(c2)C(=O)C2C=C(C[S+]([O-])NCc4cocn4)C=CC2C=C3)cn1. The molecule has 3 aromatic heterocycles. The number of nitrogens with zero attached hydrogens (tertiary/aromatic N) is 4. The van der Waals surface area contributed by atoms with E-state index in [1.807, 2.05) is 49.7 Å². The summed E-state index contributed by atoms with van der Waals surface area (Å²) in [6.07, 6.45) is 18.1. The Kier molecular flexibility index (Phi) is 5.60. The summed E-state index contributed by atoms with van der Waals surface area (Å²) in [5.41, 5.74) is 4.56. The number of hydrogen-bond donors (Lipinski definition) is 1. The van der Waals surface area contributed by atoms with Crippen LogP contribution in [-0.4, -0.2) is 35.8 Å². The van der Waals surface area contributed by atoms with Crippen LogP contribution in [0.25, 0.3) is 17.2 Å². The van der Waals surface area contributed by atoms with Crippen molar-refractivity contribution in [1.29, 1.82) is 0 Å². The maximum absolute atomic E-state index is 13.5. The van der Waals surface area contributed by atoms with Gasteiger partial charge in [-0.25, -0.2) is 4.98 Å². The van der Waals surface area contributed by atoms with Crippen LogP contribution in [0.4, 0.5) is 0 Å². The lowest BCUT2D eigenvalue weighted by molar-refractivity contribution is 0.0931. The van der Waals surface area contributed by atoms with E-state index in [-0.39, 0.29) is 17.6 Å². The predicted octanol–water partition coefficient (Wildman–Crippen LogP) is 2.86. The van der Waals surface area contributed by atoms with Gasteiger partial charge in [0.25, 0.3) is 0 Å². The zero-order chi connectivity index (χ0) is 22.1. The number of hydrogen-bond acceptors (Lipinski definition) is 7. The van der Waals surface area contributed by atoms with Crippen LogP contribution in [-0.2, 0) is 25.0 Å². The first-order valence-electron chi connectivity index (χ1n) is 10.2. The smallest absolute Gasteiger partial charge is 0.180 e. The Labute approximate surface area is 188 Å². The maximum Gasteiger partial charge on any atom is 0.180 e. The van der Waals surface area contributed by atoms with Gasteiger partial charge in [0.1, 0.15) is 12.0 Å². The van der Waals surface area contributed by atoms with Gasteiger partial charge in [-0.1, -0.05) is 24.3 Å². The number of fused-ring (bicyclic) bond motifs is 2. The molecule has 2 aliphatic rings. The Hall–Kier alpha value is -3.27. The summed E-state index contributed by atoms with van der Waals surface area (Å²) in [5, 5.41) is 4.20. The molecule has 162 valence electrons. The highest BCUT2D eigenvalue weighted by Crippen LogP contribution is 2.33. The van der Waals surface area contributed by atoms with Crippen LogP contribution in [0.2, 0.25) is 0 Å². The van der Waals surface area contributed by atoms with Crippen molar-refractivity contribution in [1.82, 2.24) is 24.5 Å². The van der Waals surface area contributed by atoms with E-state index in [9.17, 15) is 9.35 Å². The zero-order valence-corrected chi connectivity index (χ0v) is 18.2. The average molecular weight is 448 g/mol. The number of rotatable bonds is 6. The minimum atomic E-state index is -1.30. The number of carbonyl (C=O) groups is 1. The van der Waals surface area contributed by atoms with Crippen LogP contribution in [0.5, 0.6) is 0 Å². The summed E-state index contributed by atoms with van der Waals surface area (Å²) in [4.78, 5) is 22.0. The lowest BCUT2D eigenvalue weighted by atomic mass is 9.82. The highest BCUT2D eigenvalue weighted by atomic mass is 32.2. The molecule has 0 aliphatic heterocycles. The van der Waals surface area contributed by atoms with Crippen LogP contribution >= 0.6 is 0 Å². The van der Waals surface area contributed by atoms with Crippen molar-refractivity contribution in [3.8, 4) is 11.1 Å². The molecule has 0 fully saturated rings. The first-order valence-corrected chi connectivity index (χ1v) is 11.5. The third-order valence-electron chi connectivity index (χ3n) is 5.54. The average Bonchev–Trinajstić information content (AvgIpc) is 3.45. The van der Waals surface area contributed by atoms with Crippen LogP contribution in [0, 0.1) is 11.8 Å². The molecule has 3 aromatic rings. The second kappa shape index (κ2) is 8.70. The van der Waals surface area contributed by atoms with Gasteiger partial charge >= 0.3 is 0 Å². The number of ketones is 1.